The van der Waals surface area contributed by atoms with Gasteiger partial charge in [-0.15, -0.1) is 0 Å². The lowest BCUT2D eigenvalue weighted by atomic mass is 9.97. The number of hydrogen-bond acceptors (Lipinski definition) is 2. The number of unbranched alkanes of at least 4 members (excludes halogenated alkanes) is 5. The zero-order chi connectivity index (χ0) is 10.8. The molecule has 2 nitrogen and oxygen atoms in total. The summed E-state index contributed by atoms with van der Waals surface area (Å²) in [7, 11) is -0.499. The monoisotopic (exact) mass is 230 g/mol. The highest BCUT2D eigenvalue weighted by Crippen LogP contribution is 2.40. The van der Waals surface area contributed by atoms with Crippen molar-refractivity contribution in [2.75, 3.05) is 13.2 Å². The van der Waals surface area contributed by atoms with Crippen LogP contribution in [-0.2, 0) is 9.05 Å². The Morgan fingerprint density at radius 2 is 1.67 bits per heavy atom. The van der Waals surface area contributed by atoms with E-state index in [1.807, 2.05) is 0 Å². The molecule has 0 unspecified atom stereocenters. The Morgan fingerprint density at radius 3 is 2.40 bits per heavy atom. The molecule has 1 aliphatic heterocycles. The molecule has 0 N–H and O–H groups in total. The summed E-state index contributed by atoms with van der Waals surface area (Å²) in [5.74, 6) is 0. The van der Waals surface area contributed by atoms with E-state index in [4.69, 9.17) is 9.05 Å². The van der Waals surface area contributed by atoms with Gasteiger partial charge in [-0.05, 0) is 6.42 Å². The molecule has 4 heteroatoms. The second kappa shape index (κ2) is 9.63. The maximum absolute atomic E-state index is 5.57. The molecule has 0 aliphatic carbocycles. The van der Waals surface area contributed by atoms with Gasteiger partial charge in [0, 0.05) is 0 Å². The van der Waals surface area contributed by atoms with E-state index in [0.29, 0.717) is 0 Å². The van der Waals surface area contributed by atoms with Crippen LogP contribution in [-0.4, -0.2) is 20.2 Å². The standard InChI is InChI=1S/C11H24BO2P/c1-2-3-4-5-6-7-9-12-15-13-10-8-11-14-15/h12H,2-11H2,1H3. The summed E-state index contributed by atoms with van der Waals surface area (Å²) >= 11 is 0. The summed E-state index contributed by atoms with van der Waals surface area (Å²) < 4.78 is 11.1. The highest BCUT2D eigenvalue weighted by atomic mass is 31.2. The van der Waals surface area contributed by atoms with Gasteiger partial charge in [0.15, 0.2) is 0 Å². The second-order valence-electron chi connectivity index (χ2n) is 4.20. The Labute approximate surface area is 96.2 Å². The van der Waals surface area contributed by atoms with Gasteiger partial charge in [0.05, 0.1) is 13.2 Å². The lowest BCUT2D eigenvalue weighted by Crippen LogP contribution is -2.08. The van der Waals surface area contributed by atoms with Gasteiger partial charge in [-0.3, -0.25) is 0 Å². The predicted molar refractivity (Wildman–Crippen MR) is 68.8 cm³/mol. The molecular weight excluding hydrogens is 206 g/mol. The van der Waals surface area contributed by atoms with Crippen molar-refractivity contribution in [1.29, 1.82) is 0 Å². The third kappa shape index (κ3) is 7.33. The minimum absolute atomic E-state index is 0.499. The molecule has 1 fully saturated rings. The summed E-state index contributed by atoms with van der Waals surface area (Å²) in [6, 6.07) is 0. The van der Waals surface area contributed by atoms with Crippen LogP contribution in [0.4, 0.5) is 0 Å². The van der Waals surface area contributed by atoms with Crippen LogP contribution < -0.4 is 0 Å². The van der Waals surface area contributed by atoms with E-state index >= 15 is 0 Å². The van der Waals surface area contributed by atoms with Crippen molar-refractivity contribution in [1.82, 2.24) is 0 Å². The lowest BCUT2D eigenvalue weighted by Gasteiger charge is -2.21. The van der Waals surface area contributed by atoms with Gasteiger partial charge in [-0.1, -0.05) is 51.8 Å². The minimum atomic E-state index is -0.499. The van der Waals surface area contributed by atoms with Gasteiger partial charge in [-0.25, -0.2) is 0 Å². The first-order chi connectivity index (χ1) is 7.43. The zero-order valence-electron chi connectivity index (χ0n) is 10.0. The highest BCUT2D eigenvalue weighted by Gasteiger charge is 2.15. The molecule has 15 heavy (non-hydrogen) atoms. The Bertz CT molecular complexity index is 141. The summed E-state index contributed by atoms with van der Waals surface area (Å²) in [6.07, 6.45) is 10.7. The fourth-order valence-corrected chi connectivity index (χ4v) is 3.24. The molecule has 1 aliphatic rings. The van der Waals surface area contributed by atoms with Crippen LogP contribution in [0.1, 0.15) is 51.9 Å². The summed E-state index contributed by atoms with van der Waals surface area (Å²) in [6.45, 7) is 5.26. The second-order valence-corrected chi connectivity index (χ2v) is 5.83. The Balaban J connectivity index is 1.79. The van der Waals surface area contributed by atoms with Gasteiger partial charge in [-0.2, -0.15) is 0 Å². The molecular formula is C11H24BO2P. The number of hydrogen-bond donors (Lipinski definition) is 0. The van der Waals surface area contributed by atoms with Crippen LogP contribution in [0.25, 0.3) is 0 Å². The largest absolute Gasteiger partial charge is 0.342 e. The molecule has 0 aromatic heterocycles. The molecule has 1 rings (SSSR count). The van der Waals surface area contributed by atoms with Gasteiger partial charge < -0.3 is 9.05 Å². The Kier molecular flexibility index (Phi) is 8.65. The zero-order valence-corrected chi connectivity index (χ0v) is 10.9. The van der Waals surface area contributed by atoms with Crippen molar-refractivity contribution in [2.24, 2.45) is 0 Å². The van der Waals surface area contributed by atoms with E-state index in [1.54, 1.807) is 0 Å². The maximum Gasteiger partial charge on any atom is 0.222 e. The Hall–Kier alpha value is 0.415. The van der Waals surface area contributed by atoms with Crippen LogP contribution in [0.3, 0.4) is 0 Å². The molecule has 0 bridgehead atoms. The first-order valence-electron chi connectivity index (χ1n) is 6.47. The van der Waals surface area contributed by atoms with E-state index in [2.05, 4.69) is 6.92 Å². The van der Waals surface area contributed by atoms with Crippen molar-refractivity contribution in [2.45, 2.75) is 58.2 Å². The van der Waals surface area contributed by atoms with Gasteiger partial charge >= 0.3 is 0 Å². The quantitative estimate of drug-likeness (QED) is 0.358. The van der Waals surface area contributed by atoms with E-state index in [-0.39, 0.29) is 0 Å². The van der Waals surface area contributed by atoms with Gasteiger partial charge in [0.2, 0.25) is 7.00 Å². The fourth-order valence-electron chi connectivity index (χ4n) is 1.76. The van der Waals surface area contributed by atoms with Crippen LogP contribution in [0.5, 0.6) is 0 Å². The van der Waals surface area contributed by atoms with Crippen molar-refractivity contribution in [3.05, 3.63) is 0 Å². The molecule has 0 radical (unpaired) electrons. The molecule has 88 valence electrons. The third-order valence-electron chi connectivity index (χ3n) is 2.70. The summed E-state index contributed by atoms with van der Waals surface area (Å²) in [5.41, 5.74) is 0. The van der Waals surface area contributed by atoms with Gasteiger partial charge in [0.1, 0.15) is 8.25 Å². The van der Waals surface area contributed by atoms with Crippen molar-refractivity contribution in [3.8, 4) is 0 Å². The maximum atomic E-state index is 5.57. The molecule has 1 heterocycles. The molecule has 1 saturated heterocycles. The average Bonchev–Trinajstić information content (AvgIpc) is 2.29. The van der Waals surface area contributed by atoms with Crippen molar-refractivity contribution < 1.29 is 9.05 Å². The smallest absolute Gasteiger partial charge is 0.222 e. The first-order valence-corrected chi connectivity index (χ1v) is 7.83. The molecule has 0 aromatic rings. The highest BCUT2D eigenvalue weighted by molar-refractivity contribution is 7.78. The molecule has 0 aromatic carbocycles. The Morgan fingerprint density at radius 1 is 1.00 bits per heavy atom. The average molecular weight is 230 g/mol. The minimum Gasteiger partial charge on any atom is -0.342 e. The molecule has 0 atom stereocenters. The fraction of sp³-hybridized carbons (Fsp3) is 1.00. The van der Waals surface area contributed by atoms with E-state index < -0.39 is 8.25 Å². The molecule has 0 amide bonds. The van der Waals surface area contributed by atoms with E-state index in [9.17, 15) is 0 Å². The topological polar surface area (TPSA) is 18.5 Å². The van der Waals surface area contributed by atoms with Gasteiger partial charge in [0.25, 0.3) is 0 Å². The first kappa shape index (κ1) is 13.5. The summed E-state index contributed by atoms with van der Waals surface area (Å²) in [5, 5.41) is 0. The molecule has 0 spiro atoms. The lowest BCUT2D eigenvalue weighted by molar-refractivity contribution is 0.191. The SMILES string of the molecule is CCCCCCCCBP1OCCCO1. The third-order valence-corrected chi connectivity index (χ3v) is 4.33. The van der Waals surface area contributed by atoms with Crippen LogP contribution >= 0.6 is 8.25 Å². The van der Waals surface area contributed by atoms with Crippen LogP contribution in [0.15, 0.2) is 0 Å². The van der Waals surface area contributed by atoms with Crippen LogP contribution in [0.2, 0.25) is 6.32 Å². The predicted octanol–water partition coefficient (Wildman–Crippen LogP) is 3.87. The normalized spacial score (nSPS) is 17.9. The summed E-state index contributed by atoms with van der Waals surface area (Å²) in [4.78, 5) is 0. The number of rotatable bonds is 8. The molecule has 0 saturated carbocycles. The van der Waals surface area contributed by atoms with Crippen LogP contribution in [0, 0.1) is 0 Å². The van der Waals surface area contributed by atoms with E-state index in [0.717, 1.165) is 26.6 Å². The van der Waals surface area contributed by atoms with Crippen molar-refractivity contribution >= 4 is 15.3 Å². The van der Waals surface area contributed by atoms with E-state index in [1.165, 1.54) is 44.8 Å². The van der Waals surface area contributed by atoms with Crippen molar-refractivity contribution in [3.63, 3.8) is 0 Å².